The Morgan fingerprint density at radius 3 is 3.18 bits per heavy atom. The van der Waals surface area contributed by atoms with Crippen LogP contribution < -0.4 is 0 Å². The zero-order valence-corrected chi connectivity index (χ0v) is 9.45. The van der Waals surface area contributed by atoms with Gasteiger partial charge in [0.25, 0.3) is 5.91 Å². The fourth-order valence-electron chi connectivity index (χ4n) is 2.46. The zero-order valence-electron chi connectivity index (χ0n) is 9.45. The number of amides is 1. The van der Waals surface area contributed by atoms with Crippen molar-refractivity contribution in [2.75, 3.05) is 19.7 Å². The lowest BCUT2D eigenvalue weighted by Gasteiger charge is -2.26. The summed E-state index contributed by atoms with van der Waals surface area (Å²) in [7, 11) is 0. The zero-order chi connectivity index (χ0) is 11.8. The third-order valence-corrected chi connectivity index (χ3v) is 3.29. The van der Waals surface area contributed by atoms with E-state index < -0.39 is 0 Å². The second-order valence-corrected chi connectivity index (χ2v) is 4.43. The van der Waals surface area contributed by atoms with E-state index in [0.29, 0.717) is 12.5 Å². The number of carbonyl (C=O) groups excluding carboxylic acids is 1. The van der Waals surface area contributed by atoms with Crippen LogP contribution in [0.2, 0.25) is 0 Å². The van der Waals surface area contributed by atoms with Crippen LogP contribution in [0.3, 0.4) is 0 Å². The molecule has 2 atom stereocenters. The standard InChI is InChI=1S/C11H15N3O3/c15-7-8-2-3-10(17-8)14-9(16)6-13-5-1-4-12-11(13)14/h1,4,8,10,15H,2-3,5-7H2/t8-,10+/m0/s1. The molecule has 1 amide bonds. The molecule has 0 aromatic rings. The first-order chi connectivity index (χ1) is 8.29. The lowest BCUT2D eigenvalue weighted by molar-refractivity contribution is -0.134. The molecule has 0 aromatic carbocycles. The summed E-state index contributed by atoms with van der Waals surface area (Å²) in [5, 5.41) is 9.04. The smallest absolute Gasteiger partial charge is 0.251 e. The molecule has 3 aliphatic rings. The number of hydrogen-bond donors (Lipinski definition) is 1. The number of nitrogens with zero attached hydrogens (tertiary/aromatic N) is 3. The van der Waals surface area contributed by atoms with E-state index in [4.69, 9.17) is 9.84 Å². The number of aliphatic imine (C=N–C) groups is 1. The largest absolute Gasteiger partial charge is 0.394 e. The minimum atomic E-state index is -0.269. The highest BCUT2D eigenvalue weighted by molar-refractivity contribution is 6.05. The predicted octanol–water partition coefficient (Wildman–Crippen LogP) is -0.489. The van der Waals surface area contributed by atoms with Crippen molar-refractivity contribution in [3.05, 3.63) is 12.3 Å². The average Bonchev–Trinajstić information content (AvgIpc) is 2.91. The van der Waals surface area contributed by atoms with E-state index in [9.17, 15) is 4.79 Å². The predicted molar refractivity (Wildman–Crippen MR) is 60.0 cm³/mol. The molecule has 6 heteroatoms. The molecule has 0 aliphatic carbocycles. The Morgan fingerprint density at radius 2 is 2.41 bits per heavy atom. The molecule has 1 N–H and O–H groups in total. The molecule has 0 spiro atoms. The topological polar surface area (TPSA) is 65.4 Å². The fraction of sp³-hybridized carbons (Fsp3) is 0.636. The maximum Gasteiger partial charge on any atom is 0.251 e. The van der Waals surface area contributed by atoms with E-state index in [0.717, 1.165) is 19.4 Å². The highest BCUT2D eigenvalue weighted by Crippen LogP contribution is 2.27. The van der Waals surface area contributed by atoms with Crippen LogP contribution in [0, 0.1) is 0 Å². The van der Waals surface area contributed by atoms with E-state index in [1.807, 2.05) is 11.0 Å². The van der Waals surface area contributed by atoms with Gasteiger partial charge in [-0.2, -0.15) is 0 Å². The molecule has 3 rings (SSSR count). The van der Waals surface area contributed by atoms with Crippen molar-refractivity contribution in [3.63, 3.8) is 0 Å². The summed E-state index contributed by atoms with van der Waals surface area (Å²) >= 11 is 0. The van der Waals surface area contributed by atoms with Crippen LogP contribution >= 0.6 is 0 Å². The molecule has 0 aromatic heterocycles. The third-order valence-electron chi connectivity index (χ3n) is 3.29. The molecule has 0 radical (unpaired) electrons. The van der Waals surface area contributed by atoms with Gasteiger partial charge < -0.3 is 14.7 Å². The maximum atomic E-state index is 12.0. The van der Waals surface area contributed by atoms with Gasteiger partial charge in [0.1, 0.15) is 12.8 Å². The van der Waals surface area contributed by atoms with Gasteiger partial charge in [-0.15, -0.1) is 0 Å². The van der Waals surface area contributed by atoms with Crippen molar-refractivity contribution in [2.24, 2.45) is 4.99 Å². The second kappa shape index (κ2) is 4.12. The summed E-state index contributed by atoms with van der Waals surface area (Å²) in [5.41, 5.74) is 0. The first-order valence-electron chi connectivity index (χ1n) is 5.85. The molecule has 3 heterocycles. The number of ether oxygens (including phenoxy) is 1. The van der Waals surface area contributed by atoms with Crippen LogP contribution in [0.5, 0.6) is 0 Å². The SMILES string of the molecule is O=C1CN2CC=CN=C2N1[C@H]1CC[C@@H](CO)O1. The van der Waals surface area contributed by atoms with Gasteiger partial charge in [-0.1, -0.05) is 0 Å². The first-order valence-corrected chi connectivity index (χ1v) is 5.85. The summed E-state index contributed by atoms with van der Waals surface area (Å²) < 4.78 is 5.64. The van der Waals surface area contributed by atoms with Gasteiger partial charge in [0.2, 0.25) is 5.96 Å². The van der Waals surface area contributed by atoms with Crippen molar-refractivity contribution in [3.8, 4) is 0 Å². The van der Waals surface area contributed by atoms with Crippen molar-refractivity contribution >= 4 is 11.9 Å². The quantitative estimate of drug-likeness (QED) is 0.704. The Labute approximate surface area is 99.2 Å². The molecule has 2 fully saturated rings. The summed E-state index contributed by atoms with van der Waals surface area (Å²) in [6.45, 7) is 1.10. The summed E-state index contributed by atoms with van der Waals surface area (Å²) in [6.07, 6.45) is 4.76. The Morgan fingerprint density at radius 1 is 1.53 bits per heavy atom. The summed E-state index contributed by atoms with van der Waals surface area (Å²) in [4.78, 5) is 19.8. The van der Waals surface area contributed by atoms with Gasteiger partial charge in [-0.05, 0) is 18.9 Å². The van der Waals surface area contributed by atoms with Gasteiger partial charge in [-0.25, -0.2) is 4.99 Å². The fourth-order valence-corrected chi connectivity index (χ4v) is 2.46. The maximum absolute atomic E-state index is 12.0. The van der Waals surface area contributed by atoms with Crippen LogP contribution in [0.15, 0.2) is 17.3 Å². The molecule has 0 bridgehead atoms. The first kappa shape index (κ1) is 10.7. The molecule has 17 heavy (non-hydrogen) atoms. The highest BCUT2D eigenvalue weighted by atomic mass is 16.5. The van der Waals surface area contributed by atoms with Gasteiger partial charge in [-0.3, -0.25) is 9.69 Å². The van der Waals surface area contributed by atoms with E-state index in [1.165, 1.54) is 0 Å². The number of aliphatic hydroxyl groups excluding tert-OH is 1. The molecule has 0 saturated carbocycles. The van der Waals surface area contributed by atoms with E-state index in [2.05, 4.69) is 4.99 Å². The molecule has 92 valence electrons. The average molecular weight is 237 g/mol. The molecular formula is C11H15N3O3. The van der Waals surface area contributed by atoms with E-state index in [-0.39, 0.29) is 24.8 Å². The Bertz CT molecular complexity index is 393. The van der Waals surface area contributed by atoms with E-state index >= 15 is 0 Å². The second-order valence-electron chi connectivity index (χ2n) is 4.43. The Hall–Kier alpha value is -1.40. The molecule has 6 nitrogen and oxygen atoms in total. The van der Waals surface area contributed by atoms with Crippen molar-refractivity contribution < 1.29 is 14.6 Å². The minimum absolute atomic E-state index is 0.00856. The molecule has 3 aliphatic heterocycles. The van der Waals surface area contributed by atoms with Crippen molar-refractivity contribution in [2.45, 2.75) is 25.2 Å². The molecule has 0 unspecified atom stereocenters. The molecular weight excluding hydrogens is 222 g/mol. The molecule has 2 saturated heterocycles. The lowest BCUT2D eigenvalue weighted by atomic mass is 10.2. The van der Waals surface area contributed by atoms with Crippen LogP contribution in [0.1, 0.15) is 12.8 Å². The van der Waals surface area contributed by atoms with Gasteiger partial charge in [0.05, 0.1) is 12.7 Å². The number of fused-ring (bicyclic) bond motifs is 1. The highest BCUT2D eigenvalue weighted by Gasteiger charge is 2.42. The number of hydrogen-bond acceptors (Lipinski definition) is 5. The summed E-state index contributed by atoms with van der Waals surface area (Å²) in [6, 6.07) is 0. The van der Waals surface area contributed by atoms with Crippen LogP contribution in [-0.2, 0) is 9.53 Å². The number of guanidine groups is 1. The number of carbonyl (C=O) groups is 1. The van der Waals surface area contributed by atoms with Gasteiger partial charge >= 0.3 is 0 Å². The van der Waals surface area contributed by atoms with E-state index in [1.54, 1.807) is 11.1 Å². The lowest BCUT2D eigenvalue weighted by Crippen LogP contribution is -2.43. The van der Waals surface area contributed by atoms with Crippen LogP contribution in [0.4, 0.5) is 0 Å². The van der Waals surface area contributed by atoms with Gasteiger partial charge in [0.15, 0.2) is 0 Å². The van der Waals surface area contributed by atoms with Crippen LogP contribution in [-0.4, -0.2) is 58.8 Å². The Kier molecular flexibility index (Phi) is 2.60. The summed E-state index contributed by atoms with van der Waals surface area (Å²) in [5.74, 6) is 0.706. The third kappa shape index (κ3) is 1.73. The Balaban J connectivity index is 1.80. The van der Waals surface area contributed by atoms with Crippen molar-refractivity contribution in [1.82, 2.24) is 9.80 Å². The number of rotatable bonds is 2. The van der Waals surface area contributed by atoms with Gasteiger partial charge in [0, 0.05) is 12.7 Å². The normalized spacial score (nSPS) is 32.1. The van der Waals surface area contributed by atoms with Crippen molar-refractivity contribution in [1.29, 1.82) is 0 Å². The number of aliphatic hydroxyl groups is 1. The monoisotopic (exact) mass is 237 g/mol. The minimum Gasteiger partial charge on any atom is -0.394 e. The van der Waals surface area contributed by atoms with Crippen LogP contribution in [0.25, 0.3) is 0 Å².